The fourth-order valence-corrected chi connectivity index (χ4v) is 1.81. The molecular formula is C15H19NO2. The van der Waals surface area contributed by atoms with Gasteiger partial charge in [-0.3, -0.25) is 4.79 Å². The number of carbonyl (C=O) groups is 1. The van der Waals surface area contributed by atoms with E-state index >= 15 is 0 Å². The third-order valence-corrected chi connectivity index (χ3v) is 2.94. The maximum Gasteiger partial charge on any atom is 0.246 e. The molecule has 1 rings (SSSR count). The number of aliphatic hydroxyl groups excluding tert-OH is 1. The van der Waals surface area contributed by atoms with E-state index in [0.29, 0.717) is 6.42 Å². The van der Waals surface area contributed by atoms with E-state index in [-0.39, 0.29) is 11.9 Å². The van der Waals surface area contributed by atoms with Gasteiger partial charge in [0.15, 0.2) is 0 Å². The number of hydrogen-bond donors (Lipinski definition) is 1. The Balaban J connectivity index is 2.88. The third kappa shape index (κ3) is 3.57. The average molecular weight is 245 g/mol. The highest BCUT2D eigenvalue weighted by Crippen LogP contribution is 2.12. The molecule has 0 fully saturated rings. The van der Waals surface area contributed by atoms with E-state index in [9.17, 15) is 9.90 Å². The first-order valence-electron chi connectivity index (χ1n) is 5.84. The van der Waals surface area contributed by atoms with E-state index in [1.54, 1.807) is 7.05 Å². The van der Waals surface area contributed by atoms with Gasteiger partial charge in [0.25, 0.3) is 0 Å². The minimum Gasteiger partial charge on any atom is -0.387 e. The largest absolute Gasteiger partial charge is 0.387 e. The first kappa shape index (κ1) is 14.2. The lowest BCUT2D eigenvalue weighted by atomic mass is 10.00. The predicted octanol–water partition coefficient (Wildman–Crippen LogP) is 1.79. The summed E-state index contributed by atoms with van der Waals surface area (Å²) < 4.78 is 0. The number of hydrogen-bond acceptors (Lipinski definition) is 2. The Morgan fingerprint density at radius 2 is 2.00 bits per heavy atom. The van der Waals surface area contributed by atoms with Crippen molar-refractivity contribution in [3.05, 3.63) is 61.2 Å². The first-order valence-corrected chi connectivity index (χ1v) is 5.84. The summed E-state index contributed by atoms with van der Waals surface area (Å²) in [5.74, 6) is -0.211. The van der Waals surface area contributed by atoms with Crippen LogP contribution in [0.25, 0.3) is 0 Å². The minimum atomic E-state index is -0.765. The third-order valence-electron chi connectivity index (χ3n) is 2.94. The molecule has 0 aliphatic heterocycles. The monoisotopic (exact) mass is 245 g/mol. The molecule has 0 aromatic heterocycles. The highest BCUT2D eigenvalue weighted by molar-refractivity contribution is 5.87. The number of likely N-dealkylation sites (N-methyl/N-ethyl adjacent to an activating group) is 1. The van der Waals surface area contributed by atoms with Crippen molar-refractivity contribution in [1.29, 1.82) is 0 Å². The van der Waals surface area contributed by atoms with Crippen molar-refractivity contribution in [2.24, 2.45) is 0 Å². The van der Waals surface area contributed by atoms with Crippen LogP contribution in [0.1, 0.15) is 5.56 Å². The number of aliphatic hydroxyl groups is 1. The number of nitrogens with zero attached hydrogens (tertiary/aromatic N) is 1. The normalized spacial score (nSPS) is 13.4. The number of benzene rings is 1. The molecule has 1 aromatic carbocycles. The molecule has 0 radical (unpaired) electrons. The van der Waals surface area contributed by atoms with Gasteiger partial charge in [-0.1, -0.05) is 43.0 Å². The quantitative estimate of drug-likeness (QED) is 0.613. The summed E-state index contributed by atoms with van der Waals surface area (Å²) in [7, 11) is 1.66. The Hall–Kier alpha value is -1.87. The molecule has 96 valence electrons. The van der Waals surface area contributed by atoms with Crippen molar-refractivity contribution in [3.8, 4) is 0 Å². The van der Waals surface area contributed by atoms with Crippen molar-refractivity contribution in [1.82, 2.24) is 4.90 Å². The Morgan fingerprint density at radius 1 is 1.39 bits per heavy atom. The molecule has 1 amide bonds. The average Bonchev–Trinajstić information content (AvgIpc) is 2.43. The van der Waals surface area contributed by atoms with Gasteiger partial charge >= 0.3 is 0 Å². The van der Waals surface area contributed by atoms with E-state index in [0.717, 1.165) is 5.56 Å². The van der Waals surface area contributed by atoms with Crippen LogP contribution in [0.5, 0.6) is 0 Å². The summed E-state index contributed by atoms with van der Waals surface area (Å²) >= 11 is 0. The SMILES string of the molecule is C=CC(=O)N(C)[C@@H](Cc1ccccc1)[C@@H](O)C=C. The Labute approximate surface area is 108 Å². The molecule has 0 saturated heterocycles. The van der Waals surface area contributed by atoms with Crippen LogP contribution < -0.4 is 0 Å². The Bertz CT molecular complexity index is 414. The molecule has 3 nitrogen and oxygen atoms in total. The minimum absolute atomic E-state index is 0.211. The molecular weight excluding hydrogens is 226 g/mol. The lowest BCUT2D eigenvalue weighted by Gasteiger charge is -2.30. The molecule has 3 heteroatoms. The predicted molar refractivity (Wildman–Crippen MR) is 73.1 cm³/mol. The number of amides is 1. The maximum atomic E-state index is 11.6. The van der Waals surface area contributed by atoms with Gasteiger partial charge in [0, 0.05) is 7.05 Å². The molecule has 2 atom stereocenters. The summed E-state index contributed by atoms with van der Waals surface area (Å²) in [4.78, 5) is 13.1. The lowest BCUT2D eigenvalue weighted by molar-refractivity contribution is -0.128. The zero-order valence-electron chi connectivity index (χ0n) is 10.6. The summed E-state index contributed by atoms with van der Waals surface area (Å²) in [5, 5.41) is 9.95. The Morgan fingerprint density at radius 3 is 2.50 bits per heavy atom. The van der Waals surface area contributed by atoms with Crippen LogP contribution in [0.15, 0.2) is 55.6 Å². The van der Waals surface area contributed by atoms with Crippen LogP contribution in [0.3, 0.4) is 0 Å². The first-order chi connectivity index (χ1) is 8.60. The van der Waals surface area contributed by atoms with E-state index < -0.39 is 6.10 Å². The van der Waals surface area contributed by atoms with Crippen LogP contribution in [0, 0.1) is 0 Å². The van der Waals surface area contributed by atoms with Gasteiger partial charge in [-0.05, 0) is 18.1 Å². The summed E-state index contributed by atoms with van der Waals surface area (Å²) in [6.45, 7) is 7.03. The van der Waals surface area contributed by atoms with E-state index in [4.69, 9.17) is 0 Å². The van der Waals surface area contributed by atoms with Gasteiger partial charge in [-0.25, -0.2) is 0 Å². The molecule has 0 saturated carbocycles. The highest BCUT2D eigenvalue weighted by atomic mass is 16.3. The van der Waals surface area contributed by atoms with Crippen LogP contribution in [-0.4, -0.2) is 35.1 Å². The van der Waals surface area contributed by atoms with Crippen molar-refractivity contribution in [2.45, 2.75) is 18.6 Å². The van der Waals surface area contributed by atoms with E-state index in [1.165, 1.54) is 17.1 Å². The van der Waals surface area contributed by atoms with Crippen LogP contribution >= 0.6 is 0 Å². The molecule has 18 heavy (non-hydrogen) atoms. The second-order valence-corrected chi connectivity index (χ2v) is 4.14. The zero-order chi connectivity index (χ0) is 13.5. The van der Waals surface area contributed by atoms with Crippen LogP contribution in [-0.2, 0) is 11.2 Å². The lowest BCUT2D eigenvalue weighted by Crippen LogP contribution is -2.44. The van der Waals surface area contributed by atoms with Crippen LogP contribution in [0.2, 0.25) is 0 Å². The molecule has 0 spiro atoms. The molecule has 0 bridgehead atoms. The summed E-state index contributed by atoms with van der Waals surface area (Å²) in [6.07, 6.45) is 2.50. The van der Waals surface area contributed by atoms with Crippen LogP contribution in [0.4, 0.5) is 0 Å². The van der Waals surface area contributed by atoms with Crippen molar-refractivity contribution >= 4 is 5.91 Å². The molecule has 1 aromatic rings. The van der Waals surface area contributed by atoms with E-state index in [2.05, 4.69) is 13.2 Å². The smallest absolute Gasteiger partial charge is 0.246 e. The second-order valence-electron chi connectivity index (χ2n) is 4.14. The van der Waals surface area contributed by atoms with Gasteiger partial charge in [0.2, 0.25) is 5.91 Å². The molecule has 0 aliphatic rings. The molecule has 0 aliphatic carbocycles. The fourth-order valence-electron chi connectivity index (χ4n) is 1.81. The fraction of sp³-hybridized carbons (Fsp3) is 0.267. The standard InChI is InChI=1S/C15H19NO2/c1-4-14(17)13(16(3)15(18)5-2)11-12-9-7-6-8-10-12/h4-10,13-14,17H,1-2,11H2,3H3/t13-,14-/m0/s1. The zero-order valence-corrected chi connectivity index (χ0v) is 10.6. The van der Waals surface area contributed by atoms with Gasteiger partial charge in [0.05, 0.1) is 12.1 Å². The summed E-state index contributed by atoms with van der Waals surface area (Å²) in [5.41, 5.74) is 1.06. The highest BCUT2D eigenvalue weighted by Gasteiger charge is 2.24. The van der Waals surface area contributed by atoms with Crippen molar-refractivity contribution < 1.29 is 9.90 Å². The summed E-state index contributed by atoms with van der Waals surface area (Å²) in [6, 6.07) is 9.39. The molecule has 0 heterocycles. The van der Waals surface area contributed by atoms with Crippen molar-refractivity contribution in [2.75, 3.05) is 7.05 Å². The van der Waals surface area contributed by atoms with Gasteiger partial charge in [0.1, 0.15) is 0 Å². The number of rotatable bonds is 6. The number of carbonyl (C=O) groups excluding carboxylic acids is 1. The van der Waals surface area contributed by atoms with Crippen molar-refractivity contribution in [3.63, 3.8) is 0 Å². The Kier molecular flexibility index (Phi) is 5.33. The van der Waals surface area contributed by atoms with Gasteiger partial charge in [-0.15, -0.1) is 6.58 Å². The van der Waals surface area contributed by atoms with Gasteiger partial charge in [-0.2, -0.15) is 0 Å². The molecule has 1 N–H and O–H groups in total. The molecule has 0 unspecified atom stereocenters. The van der Waals surface area contributed by atoms with E-state index in [1.807, 2.05) is 30.3 Å². The van der Waals surface area contributed by atoms with Gasteiger partial charge < -0.3 is 10.0 Å². The second kappa shape index (κ2) is 6.77. The maximum absolute atomic E-state index is 11.6. The topological polar surface area (TPSA) is 40.5 Å².